The van der Waals surface area contributed by atoms with Crippen LogP contribution in [0.1, 0.15) is 19.8 Å². The van der Waals surface area contributed by atoms with Gasteiger partial charge < -0.3 is 14.9 Å². The lowest BCUT2D eigenvalue weighted by Crippen LogP contribution is -2.29. The van der Waals surface area contributed by atoms with Gasteiger partial charge >= 0.3 is 5.97 Å². The van der Waals surface area contributed by atoms with E-state index in [-0.39, 0.29) is 0 Å². The minimum atomic E-state index is -1.07. The monoisotopic (exact) mass is 222 g/mol. The average Bonchev–Trinajstić information content (AvgIpc) is 2.58. The summed E-state index contributed by atoms with van der Waals surface area (Å²) in [7, 11) is 0. The van der Waals surface area contributed by atoms with Crippen molar-refractivity contribution < 1.29 is 19.7 Å². The number of carbonyl (C=O) groups is 1. The van der Waals surface area contributed by atoms with Crippen LogP contribution < -0.4 is 0 Å². The molecule has 1 aliphatic carbocycles. The van der Waals surface area contributed by atoms with Crippen LogP contribution in [0.5, 0.6) is 0 Å². The summed E-state index contributed by atoms with van der Waals surface area (Å²) in [6.45, 7) is 2.01. The molecule has 0 saturated carbocycles. The third-order valence-electron chi connectivity index (χ3n) is 2.68. The van der Waals surface area contributed by atoms with E-state index in [4.69, 9.17) is 4.74 Å². The molecule has 2 N–H and O–H groups in total. The van der Waals surface area contributed by atoms with Crippen molar-refractivity contribution in [2.75, 3.05) is 0 Å². The SMILES string of the molecule is CCC/C=C1\OC(=O)C2=C1[C@H](O)[C@@H](O)C=C2. The van der Waals surface area contributed by atoms with Crippen LogP contribution in [0.4, 0.5) is 0 Å². The van der Waals surface area contributed by atoms with Gasteiger partial charge in [-0.15, -0.1) is 0 Å². The van der Waals surface area contributed by atoms with Gasteiger partial charge in [0.1, 0.15) is 18.0 Å². The largest absolute Gasteiger partial charge is 0.423 e. The molecule has 0 fully saturated rings. The lowest BCUT2D eigenvalue weighted by Gasteiger charge is -2.19. The molecule has 2 rings (SSSR count). The van der Waals surface area contributed by atoms with Gasteiger partial charge in [0.25, 0.3) is 0 Å². The first kappa shape index (κ1) is 11.1. The normalized spacial score (nSPS) is 30.9. The van der Waals surface area contributed by atoms with Crippen molar-refractivity contribution in [2.45, 2.75) is 32.0 Å². The Labute approximate surface area is 93.5 Å². The van der Waals surface area contributed by atoms with Gasteiger partial charge in [0.15, 0.2) is 0 Å². The maximum Gasteiger partial charge on any atom is 0.344 e. The van der Waals surface area contributed by atoms with Crippen molar-refractivity contribution in [1.29, 1.82) is 0 Å². The van der Waals surface area contributed by atoms with E-state index >= 15 is 0 Å². The van der Waals surface area contributed by atoms with Gasteiger partial charge in [0.05, 0.1) is 5.57 Å². The predicted octanol–water partition coefficient (Wildman–Crippen LogP) is 0.815. The fourth-order valence-electron chi connectivity index (χ4n) is 1.81. The first-order valence-electron chi connectivity index (χ1n) is 5.36. The molecule has 0 spiro atoms. The number of esters is 1. The molecular formula is C12H14O4. The zero-order chi connectivity index (χ0) is 11.7. The second-order valence-electron chi connectivity index (χ2n) is 3.87. The van der Waals surface area contributed by atoms with Gasteiger partial charge in [-0.05, 0) is 18.6 Å². The molecule has 0 aromatic carbocycles. The number of rotatable bonds is 2. The first-order chi connectivity index (χ1) is 7.65. The van der Waals surface area contributed by atoms with Crippen LogP contribution in [-0.2, 0) is 9.53 Å². The Balaban J connectivity index is 2.37. The Kier molecular flexibility index (Phi) is 2.94. The molecule has 2 aliphatic rings. The quantitative estimate of drug-likeness (QED) is 0.679. The van der Waals surface area contributed by atoms with Crippen molar-refractivity contribution in [3.63, 3.8) is 0 Å². The molecule has 86 valence electrons. The Morgan fingerprint density at radius 3 is 2.94 bits per heavy atom. The van der Waals surface area contributed by atoms with E-state index in [0.29, 0.717) is 16.9 Å². The van der Waals surface area contributed by atoms with E-state index in [1.807, 2.05) is 6.92 Å². The molecule has 0 aromatic heterocycles. The maximum absolute atomic E-state index is 11.5. The molecule has 16 heavy (non-hydrogen) atoms. The van der Waals surface area contributed by atoms with Gasteiger partial charge in [0, 0.05) is 5.57 Å². The minimum absolute atomic E-state index is 0.347. The summed E-state index contributed by atoms with van der Waals surface area (Å²) in [4.78, 5) is 11.5. The van der Waals surface area contributed by atoms with Gasteiger partial charge in [0.2, 0.25) is 0 Å². The summed E-state index contributed by atoms with van der Waals surface area (Å²) in [5.41, 5.74) is 0.758. The molecule has 0 aromatic rings. The summed E-state index contributed by atoms with van der Waals surface area (Å²) < 4.78 is 5.05. The van der Waals surface area contributed by atoms with Gasteiger partial charge in [-0.25, -0.2) is 4.79 Å². The zero-order valence-electron chi connectivity index (χ0n) is 9.01. The molecular weight excluding hydrogens is 208 g/mol. The molecule has 1 heterocycles. The third kappa shape index (κ3) is 1.70. The summed E-state index contributed by atoms with van der Waals surface area (Å²) in [6.07, 6.45) is 4.32. The summed E-state index contributed by atoms with van der Waals surface area (Å²) >= 11 is 0. The van der Waals surface area contributed by atoms with Crippen LogP contribution in [0.3, 0.4) is 0 Å². The molecule has 4 heteroatoms. The fourth-order valence-corrected chi connectivity index (χ4v) is 1.81. The van der Waals surface area contributed by atoms with Crippen LogP contribution in [0, 0.1) is 0 Å². The van der Waals surface area contributed by atoms with E-state index in [0.717, 1.165) is 12.8 Å². The fraction of sp³-hybridized carbons (Fsp3) is 0.417. The summed E-state index contributed by atoms with van der Waals surface area (Å²) in [5.74, 6) is -0.0719. The lowest BCUT2D eigenvalue weighted by molar-refractivity contribution is -0.132. The van der Waals surface area contributed by atoms with E-state index in [9.17, 15) is 15.0 Å². The number of hydrogen-bond donors (Lipinski definition) is 2. The van der Waals surface area contributed by atoms with Crippen molar-refractivity contribution in [2.24, 2.45) is 0 Å². The Hall–Kier alpha value is -1.39. The molecule has 0 bridgehead atoms. The average molecular weight is 222 g/mol. The van der Waals surface area contributed by atoms with E-state index in [1.165, 1.54) is 12.2 Å². The lowest BCUT2D eigenvalue weighted by atomic mass is 9.93. The second-order valence-corrected chi connectivity index (χ2v) is 3.87. The van der Waals surface area contributed by atoms with Crippen molar-refractivity contribution in [3.8, 4) is 0 Å². The number of ether oxygens (including phenoxy) is 1. The molecule has 2 atom stereocenters. The number of hydrogen-bond acceptors (Lipinski definition) is 4. The van der Waals surface area contributed by atoms with Gasteiger partial charge in [-0.3, -0.25) is 0 Å². The van der Waals surface area contributed by atoms with Crippen LogP contribution >= 0.6 is 0 Å². The van der Waals surface area contributed by atoms with E-state index in [2.05, 4.69) is 0 Å². The van der Waals surface area contributed by atoms with Crippen molar-refractivity contribution >= 4 is 5.97 Å². The topological polar surface area (TPSA) is 66.8 Å². The molecule has 4 nitrogen and oxygen atoms in total. The Morgan fingerprint density at radius 1 is 1.50 bits per heavy atom. The molecule has 0 unspecified atom stereocenters. The van der Waals surface area contributed by atoms with E-state index < -0.39 is 18.2 Å². The van der Waals surface area contributed by atoms with Gasteiger partial charge in [-0.2, -0.15) is 0 Å². The third-order valence-corrected chi connectivity index (χ3v) is 2.68. The predicted molar refractivity (Wildman–Crippen MR) is 57.3 cm³/mol. The highest BCUT2D eigenvalue weighted by atomic mass is 16.5. The molecule has 1 aliphatic heterocycles. The minimum Gasteiger partial charge on any atom is -0.423 e. The standard InChI is InChI=1S/C12H14O4/c1-2-3-4-9-10-7(12(15)16-9)5-6-8(13)11(10)14/h4-6,8,11,13-14H,2-3H2,1H3/b9-4-/t8-,11+/m0/s1. The van der Waals surface area contributed by atoms with Gasteiger partial charge in [-0.1, -0.05) is 19.4 Å². The van der Waals surface area contributed by atoms with E-state index in [1.54, 1.807) is 6.08 Å². The summed E-state index contributed by atoms with van der Waals surface area (Å²) in [5, 5.41) is 19.3. The maximum atomic E-state index is 11.5. The number of aliphatic hydroxyl groups is 2. The Bertz CT molecular complexity index is 403. The first-order valence-corrected chi connectivity index (χ1v) is 5.36. The number of cyclic esters (lactones) is 1. The number of allylic oxidation sites excluding steroid dienone is 1. The number of unbranched alkanes of at least 4 members (excludes halogenated alkanes) is 1. The van der Waals surface area contributed by atoms with Crippen molar-refractivity contribution in [3.05, 3.63) is 35.1 Å². The highest BCUT2D eigenvalue weighted by Crippen LogP contribution is 2.34. The van der Waals surface area contributed by atoms with Crippen LogP contribution in [0.25, 0.3) is 0 Å². The highest BCUT2D eigenvalue weighted by molar-refractivity contribution is 5.98. The highest BCUT2D eigenvalue weighted by Gasteiger charge is 2.37. The molecule has 0 radical (unpaired) electrons. The molecule has 0 amide bonds. The zero-order valence-corrected chi connectivity index (χ0v) is 9.01. The second kappa shape index (κ2) is 4.23. The van der Waals surface area contributed by atoms with Crippen LogP contribution in [0.2, 0.25) is 0 Å². The van der Waals surface area contributed by atoms with Crippen LogP contribution in [0.15, 0.2) is 35.1 Å². The summed E-state index contributed by atoms with van der Waals surface area (Å²) in [6, 6.07) is 0. The molecule has 0 saturated heterocycles. The Morgan fingerprint density at radius 2 is 2.25 bits per heavy atom. The smallest absolute Gasteiger partial charge is 0.344 e. The van der Waals surface area contributed by atoms with Crippen LogP contribution in [-0.4, -0.2) is 28.4 Å². The number of carbonyl (C=O) groups excluding carboxylic acids is 1. The number of aliphatic hydroxyl groups excluding tert-OH is 2. The van der Waals surface area contributed by atoms with Crippen molar-refractivity contribution in [1.82, 2.24) is 0 Å².